The number of rotatable bonds is 4. The number of aromatic nitrogens is 2. The summed E-state index contributed by atoms with van der Waals surface area (Å²) >= 11 is 6.23. The Labute approximate surface area is 164 Å². The van der Waals surface area contributed by atoms with Crippen molar-refractivity contribution in [2.24, 2.45) is 0 Å². The van der Waals surface area contributed by atoms with Crippen molar-refractivity contribution in [2.75, 3.05) is 11.9 Å². The van der Waals surface area contributed by atoms with E-state index in [1.807, 2.05) is 38.1 Å². The minimum absolute atomic E-state index is 0.107. The summed E-state index contributed by atoms with van der Waals surface area (Å²) in [6.07, 6.45) is 1.65. The molecule has 1 aliphatic heterocycles. The average Bonchev–Trinajstić information content (AvgIpc) is 2.66. The third-order valence-corrected chi connectivity index (χ3v) is 5.11. The SMILES string of the molecule is Cc1nc(C)c(Cc2ccccc2)c(NC2CCOc3ccc(Cl)cc32)n1. The van der Waals surface area contributed by atoms with Gasteiger partial charge in [-0.1, -0.05) is 41.9 Å². The second kappa shape index (κ2) is 7.57. The van der Waals surface area contributed by atoms with Gasteiger partial charge in [0.1, 0.15) is 17.4 Å². The van der Waals surface area contributed by atoms with E-state index in [1.165, 1.54) is 5.56 Å². The molecule has 27 heavy (non-hydrogen) atoms. The van der Waals surface area contributed by atoms with Gasteiger partial charge in [-0.15, -0.1) is 0 Å². The molecule has 0 radical (unpaired) electrons. The van der Waals surface area contributed by atoms with Crippen LogP contribution in [0.25, 0.3) is 0 Å². The molecule has 0 bridgehead atoms. The Morgan fingerprint density at radius 1 is 1.11 bits per heavy atom. The largest absolute Gasteiger partial charge is 0.493 e. The summed E-state index contributed by atoms with van der Waals surface area (Å²) in [6.45, 7) is 4.65. The Bertz CT molecular complexity index is 959. The quantitative estimate of drug-likeness (QED) is 0.670. The third kappa shape index (κ3) is 3.91. The summed E-state index contributed by atoms with van der Waals surface area (Å²) in [6, 6.07) is 16.3. The van der Waals surface area contributed by atoms with Crippen LogP contribution in [0.2, 0.25) is 5.02 Å². The van der Waals surface area contributed by atoms with Crippen LogP contribution in [0.4, 0.5) is 5.82 Å². The zero-order valence-corrected chi connectivity index (χ0v) is 16.3. The molecule has 1 N–H and O–H groups in total. The molecule has 0 amide bonds. The molecule has 0 saturated carbocycles. The number of halogens is 1. The number of benzene rings is 2. The van der Waals surface area contributed by atoms with E-state index in [0.717, 1.165) is 47.1 Å². The minimum Gasteiger partial charge on any atom is -0.493 e. The fourth-order valence-electron chi connectivity index (χ4n) is 3.55. The first-order valence-corrected chi connectivity index (χ1v) is 9.55. The monoisotopic (exact) mass is 379 g/mol. The van der Waals surface area contributed by atoms with E-state index in [1.54, 1.807) is 0 Å². The summed E-state index contributed by atoms with van der Waals surface area (Å²) in [5.74, 6) is 2.54. The normalized spacial score (nSPS) is 15.7. The van der Waals surface area contributed by atoms with E-state index in [-0.39, 0.29) is 6.04 Å². The molecule has 0 fully saturated rings. The summed E-state index contributed by atoms with van der Waals surface area (Å²) in [5.41, 5.74) is 4.45. The van der Waals surface area contributed by atoms with E-state index >= 15 is 0 Å². The highest BCUT2D eigenvalue weighted by molar-refractivity contribution is 6.30. The lowest BCUT2D eigenvalue weighted by Crippen LogP contribution is -2.22. The first-order valence-electron chi connectivity index (χ1n) is 9.17. The average molecular weight is 380 g/mol. The molecule has 0 spiro atoms. The van der Waals surface area contributed by atoms with Gasteiger partial charge in [-0.05, 0) is 37.6 Å². The lowest BCUT2D eigenvalue weighted by Gasteiger charge is -2.28. The first-order chi connectivity index (χ1) is 13.1. The smallest absolute Gasteiger partial charge is 0.133 e. The molecule has 4 rings (SSSR count). The molecular formula is C22H22ClN3O. The summed E-state index contributed by atoms with van der Waals surface area (Å²) in [4.78, 5) is 9.31. The van der Waals surface area contributed by atoms with Crippen molar-refractivity contribution >= 4 is 17.4 Å². The topological polar surface area (TPSA) is 47.0 Å². The zero-order chi connectivity index (χ0) is 18.8. The Morgan fingerprint density at radius 2 is 1.93 bits per heavy atom. The van der Waals surface area contributed by atoms with Crippen molar-refractivity contribution in [3.8, 4) is 5.75 Å². The number of ether oxygens (including phenoxy) is 1. The van der Waals surface area contributed by atoms with Crippen molar-refractivity contribution in [1.82, 2.24) is 9.97 Å². The number of anilines is 1. The maximum absolute atomic E-state index is 6.23. The Balaban J connectivity index is 1.69. The lowest BCUT2D eigenvalue weighted by molar-refractivity contribution is 0.274. The van der Waals surface area contributed by atoms with E-state index in [9.17, 15) is 0 Å². The second-order valence-electron chi connectivity index (χ2n) is 6.86. The fourth-order valence-corrected chi connectivity index (χ4v) is 3.73. The van der Waals surface area contributed by atoms with E-state index in [4.69, 9.17) is 21.3 Å². The van der Waals surface area contributed by atoms with Crippen LogP contribution in [-0.4, -0.2) is 16.6 Å². The van der Waals surface area contributed by atoms with Crippen LogP contribution in [0.1, 0.15) is 40.7 Å². The van der Waals surface area contributed by atoms with Gasteiger partial charge in [0.15, 0.2) is 0 Å². The zero-order valence-electron chi connectivity index (χ0n) is 15.5. The molecule has 1 unspecified atom stereocenters. The Morgan fingerprint density at radius 3 is 2.74 bits per heavy atom. The highest BCUT2D eigenvalue weighted by Gasteiger charge is 2.24. The Hall–Kier alpha value is -2.59. The van der Waals surface area contributed by atoms with Gasteiger partial charge in [-0.3, -0.25) is 0 Å². The van der Waals surface area contributed by atoms with E-state index < -0.39 is 0 Å². The van der Waals surface area contributed by atoms with Crippen LogP contribution >= 0.6 is 11.6 Å². The molecule has 0 saturated heterocycles. The number of nitrogens with zero attached hydrogens (tertiary/aromatic N) is 2. The summed E-state index contributed by atoms with van der Waals surface area (Å²) in [7, 11) is 0. The van der Waals surface area contributed by atoms with Crippen molar-refractivity contribution < 1.29 is 4.74 Å². The van der Waals surface area contributed by atoms with Crippen LogP contribution < -0.4 is 10.1 Å². The molecule has 3 aromatic rings. The molecule has 138 valence electrons. The first kappa shape index (κ1) is 17.8. The van der Waals surface area contributed by atoms with Crippen molar-refractivity contribution in [1.29, 1.82) is 0 Å². The molecule has 1 aromatic heterocycles. The lowest BCUT2D eigenvalue weighted by atomic mass is 9.99. The van der Waals surface area contributed by atoms with Gasteiger partial charge in [0, 0.05) is 34.7 Å². The summed E-state index contributed by atoms with van der Waals surface area (Å²) < 4.78 is 5.79. The molecule has 2 aromatic carbocycles. The fraction of sp³-hybridized carbons (Fsp3) is 0.273. The summed E-state index contributed by atoms with van der Waals surface area (Å²) in [5, 5.41) is 4.36. The highest BCUT2D eigenvalue weighted by Crippen LogP contribution is 2.36. The highest BCUT2D eigenvalue weighted by atomic mass is 35.5. The van der Waals surface area contributed by atoms with Crippen molar-refractivity contribution in [3.05, 3.63) is 81.8 Å². The maximum atomic E-state index is 6.23. The van der Waals surface area contributed by atoms with E-state index in [2.05, 4.69) is 34.6 Å². The molecule has 1 aliphatic rings. The van der Waals surface area contributed by atoms with Crippen LogP contribution in [0.15, 0.2) is 48.5 Å². The van der Waals surface area contributed by atoms with Crippen LogP contribution in [0, 0.1) is 13.8 Å². The van der Waals surface area contributed by atoms with Gasteiger partial charge in [-0.25, -0.2) is 9.97 Å². The van der Waals surface area contributed by atoms with Gasteiger partial charge in [-0.2, -0.15) is 0 Å². The van der Waals surface area contributed by atoms with Gasteiger partial charge in [0.05, 0.1) is 12.6 Å². The van der Waals surface area contributed by atoms with Gasteiger partial charge in [0.2, 0.25) is 0 Å². The molecule has 1 atom stereocenters. The van der Waals surface area contributed by atoms with E-state index in [0.29, 0.717) is 11.6 Å². The van der Waals surface area contributed by atoms with Gasteiger partial charge >= 0.3 is 0 Å². The molecule has 2 heterocycles. The minimum atomic E-state index is 0.107. The van der Waals surface area contributed by atoms with Gasteiger partial charge < -0.3 is 10.1 Å². The number of nitrogens with one attached hydrogen (secondary N) is 1. The molecule has 0 aliphatic carbocycles. The van der Waals surface area contributed by atoms with Crippen LogP contribution in [0.5, 0.6) is 5.75 Å². The second-order valence-corrected chi connectivity index (χ2v) is 7.30. The van der Waals surface area contributed by atoms with Gasteiger partial charge in [0.25, 0.3) is 0 Å². The number of hydrogen-bond acceptors (Lipinski definition) is 4. The Kier molecular flexibility index (Phi) is 4.99. The third-order valence-electron chi connectivity index (χ3n) is 4.87. The molecule has 4 nitrogen and oxygen atoms in total. The standard InChI is InChI=1S/C22H22ClN3O/c1-14-18(12-16-6-4-3-5-7-16)22(25-15(2)24-14)26-20-10-11-27-21-9-8-17(23)13-19(20)21/h3-9,13,20H,10-12H2,1-2H3,(H,24,25,26). The van der Waals surface area contributed by atoms with Crippen molar-refractivity contribution in [3.63, 3.8) is 0 Å². The van der Waals surface area contributed by atoms with Crippen LogP contribution in [0.3, 0.4) is 0 Å². The predicted octanol–water partition coefficient (Wildman–Crippen LogP) is 5.27. The predicted molar refractivity (Wildman–Crippen MR) is 109 cm³/mol. The van der Waals surface area contributed by atoms with Crippen molar-refractivity contribution in [2.45, 2.75) is 32.7 Å². The molecule has 5 heteroatoms. The number of aryl methyl sites for hydroxylation is 2. The molecular weight excluding hydrogens is 358 g/mol. The number of fused-ring (bicyclic) bond motifs is 1. The van der Waals surface area contributed by atoms with Crippen LogP contribution in [-0.2, 0) is 6.42 Å². The number of hydrogen-bond donors (Lipinski definition) is 1. The maximum Gasteiger partial charge on any atom is 0.133 e.